The van der Waals surface area contributed by atoms with Crippen molar-refractivity contribution >= 4 is 45.7 Å². The van der Waals surface area contributed by atoms with Gasteiger partial charge in [-0.2, -0.15) is 18.3 Å². The van der Waals surface area contributed by atoms with E-state index in [0.29, 0.717) is 0 Å². The van der Waals surface area contributed by atoms with Gasteiger partial charge in [-0.3, -0.25) is 19.7 Å². The summed E-state index contributed by atoms with van der Waals surface area (Å²) in [4.78, 5) is 32.0. The molecule has 0 unspecified atom stereocenters. The van der Waals surface area contributed by atoms with Crippen molar-refractivity contribution in [3.05, 3.63) is 41.2 Å². The maximum absolute atomic E-state index is 14.9. The second kappa shape index (κ2) is 7.20. The molecule has 4 aromatic rings. The fraction of sp³-hybridized carbons (Fsp3) is 0.211. The minimum atomic E-state index is -5.33. The summed E-state index contributed by atoms with van der Waals surface area (Å²) >= 11 is 6.05. The van der Waals surface area contributed by atoms with Gasteiger partial charge in [-0.1, -0.05) is 11.6 Å². The molecule has 0 saturated heterocycles. The molecule has 14 heteroatoms. The molecule has 0 bridgehead atoms. The Morgan fingerprint density at radius 2 is 1.97 bits per heavy atom. The van der Waals surface area contributed by atoms with Crippen LogP contribution in [0.2, 0.25) is 5.02 Å². The Kier molecular flexibility index (Phi) is 4.64. The van der Waals surface area contributed by atoms with Gasteiger partial charge >= 0.3 is 6.18 Å². The standard InChI is InChI=1S/C19H10ClF5N6O2/c20-14-12(7-2-27-30-16(7)13(15(14)22)17(32)19(23,24)25)9-4-31-5-10(28-11(31)3-26-9)29-18(33)6-1-8(6)21/h2-6,8H,1H2,(H,27,30)(H,29,33)/t6-,8+/m1/s1. The highest BCUT2D eigenvalue weighted by Crippen LogP contribution is 2.40. The zero-order chi connectivity index (χ0) is 23.7. The van der Waals surface area contributed by atoms with E-state index in [-0.39, 0.29) is 34.5 Å². The van der Waals surface area contributed by atoms with Gasteiger partial charge in [0.1, 0.15) is 6.17 Å². The van der Waals surface area contributed by atoms with Gasteiger partial charge in [0.2, 0.25) is 5.91 Å². The van der Waals surface area contributed by atoms with Crippen molar-refractivity contribution in [1.29, 1.82) is 0 Å². The second-order valence-electron chi connectivity index (χ2n) is 7.38. The summed E-state index contributed by atoms with van der Waals surface area (Å²) in [6, 6.07) is 0. The molecule has 3 heterocycles. The average molecular weight is 485 g/mol. The highest BCUT2D eigenvalue weighted by Gasteiger charge is 2.44. The summed E-state index contributed by atoms with van der Waals surface area (Å²) in [5.74, 6) is -5.11. The topological polar surface area (TPSA) is 105 Å². The van der Waals surface area contributed by atoms with Crippen LogP contribution in [0.1, 0.15) is 16.8 Å². The molecule has 1 aliphatic rings. The Morgan fingerprint density at radius 3 is 2.64 bits per heavy atom. The van der Waals surface area contributed by atoms with E-state index in [0.717, 1.165) is 6.20 Å². The smallest absolute Gasteiger partial charge is 0.309 e. The van der Waals surface area contributed by atoms with Crippen molar-refractivity contribution < 1.29 is 31.5 Å². The van der Waals surface area contributed by atoms with Crippen molar-refractivity contribution in [2.45, 2.75) is 18.8 Å². The number of alkyl halides is 4. The number of hydrogen-bond donors (Lipinski definition) is 2. The van der Waals surface area contributed by atoms with E-state index in [2.05, 4.69) is 25.5 Å². The number of halogens is 6. The number of Topliss-reactive ketones (excluding diaryl/α,β-unsaturated/α-hetero) is 1. The number of anilines is 1. The zero-order valence-electron chi connectivity index (χ0n) is 16.0. The first-order valence-corrected chi connectivity index (χ1v) is 9.69. The monoisotopic (exact) mass is 484 g/mol. The number of rotatable bonds is 4. The van der Waals surface area contributed by atoms with Crippen molar-refractivity contribution in [3.8, 4) is 11.3 Å². The Morgan fingerprint density at radius 1 is 1.24 bits per heavy atom. The maximum atomic E-state index is 14.9. The highest BCUT2D eigenvalue weighted by atomic mass is 35.5. The predicted octanol–water partition coefficient (Wildman–Crippen LogP) is 4.11. The van der Waals surface area contributed by atoms with Crippen LogP contribution in [0.3, 0.4) is 0 Å². The second-order valence-corrected chi connectivity index (χ2v) is 7.75. The number of aromatic nitrogens is 5. The predicted molar refractivity (Wildman–Crippen MR) is 105 cm³/mol. The van der Waals surface area contributed by atoms with Gasteiger partial charge in [0, 0.05) is 17.1 Å². The van der Waals surface area contributed by atoms with Crippen molar-refractivity contribution in [3.63, 3.8) is 0 Å². The fourth-order valence-electron chi connectivity index (χ4n) is 3.46. The lowest BCUT2D eigenvalue weighted by Crippen LogP contribution is -2.24. The minimum Gasteiger partial charge on any atom is -0.309 e. The lowest BCUT2D eigenvalue weighted by Gasteiger charge is -2.12. The molecule has 1 aromatic carbocycles. The first kappa shape index (κ1) is 21.2. The van der Waals surface area contributed by atoms with Gasteiger partial charge in [0.15, 0.2) is 17.3 Å². The van der Waals surface area contributed by atoms with E-state index in [9.17, 15) is 31.5 Å². The number of benzene rings is 1. The van der Waals surface area contributed by atoms with Crippen LogP contribution in [-0.2, 0) is 4.79 Å². The molecule has 0 spiro atoms. The van der Waals surface area contributed by atoms with E-state index < -0.39 is 51.9 Å². The molecular formula is C19H10ClF5N6O2. The Balaban J connectivity index is 1.60. The van der Waals surface area contributed by atoms with E-state index in [1.54, 1.807) is 0 Å². The largest absolute Gasteiger partial charge is 0.455 e. The third kappa shape index (κ3) is 3.48. The maximum Gasteiger partial charge on any atom is 0.455 e. The highest BCUT2D eigenvalue weighted by molar-refractivity contribution is 6.36. The number of aromatic amines is 1. The number of carbonyl (C=O) groups is 2. The molecule has 1 fully saturated rings. The summed E-state index contributed by atoms with van der Waals surface area (Å²) in [6.07, 6.45) is -1.27. The molecule has 1 saturated carbocycles. The lowest BCUT2D eigenvalue weighted by atomic mass is 10.00. The molecule has 2 N–H and O–H groups in total. The van der Waals surface area contributed by atoms with Crippen LogP contribution in [0.15, 0.2) is 24.8 Å². The van der Waals surface area contributed by atoms with Crippen LogP contribution in [0, 0.1) is 11.7 Å². The lowest BCUT2D eigenvalue weighted by molar-refractivity contribution is -0.117. The third-order valence-electron chi connectivity index (χ3n) is 5.17. The van der Waals surface area contributed by atoms with Gasteiger partial charge in [0.25, 0.3) is 5.78 Å². The number of amides is 1. The van der Waals surface area contributed by atoms with Crippen molar-refractivity contribution in [1.82, 2.24) is 24.6 Å². The molecule has 33 heavy (non-hydrogen) atoms. The minimum absolute atomic E-state index is 0.0325. The SMILES string of the molecule is O=C(Nc1cn2cc(-c3c(Cl)c(F)c(C(=O)C(F)(F)F)c4[nH]ncc34)ncc2n1)[C@@H]1C[C@@H]1F. The van der Waals surface area contributed by atoms with Gasteiger partial charge in [-0.05, 0) is 6.42 Å². The summed E-state index contributed by atoms with van der Waals surface area (Å²) in [5, 5.41) is 7.51. The molecule has 1 aliphatic carbocycles. The van der Waals surface area contributed by atoms with Gasteiger partial charge < -0.3 is 9.72 Å². The number of H-pyrrole nitrogens is 1. The Labute approximate surface area is 184 Å². The van der Waals surface area contributed by atoms with Crippen LogP contribution < -0.4 is 5.32 Å². The van der Waals surface area contributed by atoms with E-state index in [4.69, 9.17) is 11.6 Å². The molecule has 0 aliphatic heterocycles. The van der Waals surface area contributed by atoms with Gasteiger partial charge in [-0.15, -0.1) is 0 Å². The van der Waals surface area contributed by atoms with Crippen molar-refractivity contribution in [2.24, 2.45) is 5.92 Å². The quantitative estimate of drug-likeness (QED) is 0.335. The number of ketones is 1. The van der Waals surface area contributed by atoms with E-state index in [1.807, 2.05) is 0 Å². The molecule has 8 nitrogen and oxygen atoms in total. The Bertz CT molecular complexity index is 1460. The van der Waals surface area contributed by atoms with Gasteiger partial charge in [0.05, 0.1) is 46.3 Å². The molecular weight excluding hydrogens is 475 g/mol. The fourth-order valence-corrected chi connectivity index (χ4v) is 3.75. The normalized spacial score (nSPS) is 18.1. The molecule has 0 radical (unpaired) electrons. The molecule has 3 aromatic heterocycles. The van der Waals surface area contributed by atoms with E-state index >= 15 is 0 Å². The van der Waals surface area contributed by atoms with Crippen LogP contribution in [-0.4, -0.2) is 48.6 Å². The molecule has 170 valence electrons. The summed E-state index contributed by atoms with van der Waals surface area (Å²) < 4.78 is 68.3. The molecule has 1 amide bonds. The van der Waals surface area contributed by atoms with Crippen LogP contribution in [0.25, 0.3) is 27.8 Å². The van der Waals surface area contributed by atoms with E-state index in [1.165, 1.54) is 23.0 Å². The summed E-state index contributed by atoms with van der Waals surface area (Å²) in [7, 11) is 0. The first-order chi connectivity index (χ1) is 15.6. The van der Waals surface area contributed by atoms with Crippen molar-refractivity contribution in [2.75, 3.05) is 5.32 Å². The number of fused-ring (bicyclic) bond motifs is 2. The Hall–Kier alpha value is -3.61. The number of carbonyl (C=O) groups excluding carboxylic acids is 2. The average Bonchev–Trinajstić information content (AvgIpc) is 3.11. The van der Waals surface area contributed by atoms with Crippen LogP contribution in [0.5, 0.6) is 0 Å². The third-order valence-corrected chi connectivity index (χ3v) is 5.53. The number of nitrogens with zero attached hydrogens (tertiary/aromatic N) is 4. The summed E-state index contributed by atoms with van der Waals surface area (Å²) in [6.45, 7) is 0. The number of imidazole rings is 1. The van der Waals surface area contributed by atoms with Crippen LogP contribution >= 0.6 is 11.6 Å². The van der Waals surface area contributed by atoms with Gasteiger partial charge in [-0.25, -0.2) is 13.8 Å². The van der Waals surface area contributed by atoms with Crippen LogP contribution in [0.4, 0.5) is 27.8 Å². The number of hydrogen-bond acceptors (Lipinski definition) is 5. The first-order valence-electron chi connectivity index (χ1n) is 9.32. The summed E-state index contributed by atoms with van der Waals surface area (Å²) in [5.41, 5.74) is -1.56. The number of nitrogens with one attached hydrogen (secondary N) is 2. The molecule has 5 rings (SSSR count). The zero-order valence-corrected chi connectivity index (χ0v) is 16.8. The molecule has 2 atom stereocenters.